The van der Waals surface area contributed by atoms with Crippen molar-refractivity contribution in [2.45, 2.75) is 20.1 Å². The summed E-state index contributed by atoms with van der Waals surface area (Å²) in [6.45, 7) is 5.67. The molecule has 0 heterocycles. The molecule has 0 radical (unpaired) electrons. The topological polar surface area (TPSA) is 39.7 Å². The molecule has 0 saturated carbocycles. The molecule has 0 aromatic heterocycles. The van der Waals surface area contributed by atoms with Crippen LogP contribution >= 0.6 is 11.6 Å². The van der Waals surface area contributed by atoms with Gasteiger partial charge in [-0.1, -0.05) is 11.6 Å². The third-order valence-electron chi connectivity index (χ3n) is 2.28. The zero-order chi connectivity index (χ0) is 13.4. The van der Waals surface area contributed by atoms with Gasteiger partial charge in [0.1, 0.15) is 5.75 Å². The van der Waals surface area contributed by atoms with E-state index in [0.717, 1.165) is 11.4 Å². The average Bonchev–Trinajstić information content (AvgIpc) is 2.36. The Balaban J connectivity index is 2.57. The van der Waals surface area contributed by atoms with Gasteiger partial charge in [-0.05, 0) is 26.0 Å². The van der Waals surface area contributed by atoms with Gasteiger partial charge < -0.3 is 19.5 Å². The zero-order valence-corrected chi connectivity index (χ0v) is 11.8. The summed E-state index contributed by atoms with van der Waals surface area (Å²) in [5, 5.41) is 3.84. The standard InChI is InChI=1S/C13H20ClNO3/c1-4-17-13(18-5-2)9-15-11-6-10(14)7-12(8-11)16-3/h6-8,13,15H,4-5,9H2,1-3H3. The molecule has 1 aromatic carbocycles. The van der Waals surface area contributed by atoms with Gasteiger partial charge >= 0.3 is 0 Å². The lowest BCUT2D eigenvalue weighted by Crippen LogP contribution is -2.26. The highest BCUT2D eigenvalue weighted by atomic mass is 35.5. The Bertz CT molecular complexity index is 354. The van der Waals surface area contributed by atoms with Gasteiger partial charge in [0.15, 0.2) is 6.29 Å². The number of rotatable bonds is 8. The Kier molecular flexibility index (Phi) is 6.86. The Labute approximate surface area is 113 Å². The predicted molar refractivity (Wildman–Crippen MR) is 73.5 cm³/mol. The summed E-state index contributed by atoms with van der Waals surface area (Å²) < 4.78 is 16.0. The predicted octanol–water partition coefficient (Wildman–Crippen LogP) is 3.16. The molecule has 1 aromatic rings. The SMILES string of the molecule is CCOC(CNc1cc(Cl)cc(OC)c1)OCC. The minimum Gasteiger partial charge on any atom is -0.497 e. The van der Waals surface area contributed by atoms with E-state index in [1.807, 2.05) is 26.0 Å². The molecule has 4 nitrogen and oxygen atoms in total. The molecular weight excluding hydrogens is 254 g/mol. The molecule has 102 valence electrons. The minimum atomic E-state index is -0.259. The maximum atomic E-state index is 5.98. The van der Waals surface area contributed by atoms with Crippen LogP contribution in [-0.4, -0.2) is 33.2 Å². The monoisotopic (exact) mass is 273 g/mol. The molecule has 0 atom stereocenters. The summed E-state index contributed by atoms with van der Waals surface area (Å²) in [4.78, 5) is 0. The third kappa shape index (κ3) is 5.12. The van der Waals surface area contributed by atoms with Crippen molar-refractivity contribution in [2.75, 3.05) is 32.2 Å². The molecule has 0 aliphatic carbocycles. The lowest BCUT2D eigenvalue weighted by molar-refractivity contribution is -0.126. The van der Waals surface area contributed by atoms with E-state index >= 15 is 0 Å². The summed E-state index contributed by atoms with van der Waals surface area (Å²) in [6, 6.07) is 5.47. The van der Waals surface area contributed by atoms with Crippen LogP contribution in [-0.2, 0) is 9.47 Å². The number of hydrogen-bond donors (Lipinski definition) is 1. The maximum Gasteiger partial charge on any atom is 0.174 e. The van der Waals surface area contributed by atoms with E-state index in [2.05, 4.69) is 5.32 Å². The lowest BCUT2D eigenvalue weighted by Gasteiger charge is -2.18. The van der Waals surface area contributed by atoms with Crippen LogP contribution < -0.4 is 10.1 Å². The van der Waals surface area contributed by atoms with Crippen LogP contribution in [0.15, 0.2) is 18.2 Å². The van der Waals surface area contributed by atoms with E-state index in [1.165, 1.54) is 0 Å². The van der Waals surface area contributed by atoms with Crippen LogP contribution in [0.3, 0.4) is 0 Å². The number of nitrogens with one attached hydrogen (secondary N) is 1. The fourth-order valence-electron chi connectivity index (χ4n) is 1.52. The van der Waals surface area contributed by atoms with Gasteiger partial charge in [-0.2, -0.15) is 0 Å². The van der Waals surface area contributed by atoms with E-state index in [1.54, 1.807) is 13.2 Å². The van der Waals surface area contributed by atoms with Gasteiger partial charge in [0, 0.05) is 30.0 Å². The van der Waals surface area contributed by atoms with Crippen molar-refractivity contribution in [1.29, 1.82) is 0 Å². The Hall–Kier alpha value is -0.970. The number of halogens is 1. The zero-order valence-electron chi connectivity index (χ0n) is 11.0. The van der Waals surface area contributed by atoms with Crippen LogP contribution in [0.5, 0.6) is 5.75 Å². The first-order valence-corrected chi connectivity index (χ1v) is 6.39. The molecule has 0 bridgehead atoms. The van der Waals surface area contributed by atoms with Crippen molar-refractivity contribution >= 4 is 17.3 Å². The highest BCUT2D eigenvalue weighted by Gasteiger charge is 2.08. The molecule has 18 heavy (non-hydrogen) atoms. The van der Waals surface area contributed by atoms with Crippen molar-refractivity contribution in [1.82, 2.24) is 0 Å². The van der Waals surface area contributed by atoms with E-state index in [4.69, 9.17) is 25.8 Å². The first-order chi connectivity index (χ1) is 8.69. The number of ether oxygens (including phenoxy) is 3. The smallest absolute Gasteiger partial charge is 0.174 e. The quantitative estimate of drug-likeness (QED) is 0.739. The van der Waals surface area contributed by atoms with Gasteiger partial charge in [-0.3, -0.25) is 0 Å². The van der Waals surface area contributed by atoms with Crippen molar-refractivity contribution in [3.8, 4) is 5.75 Å². The van der Waals surface area contributed by atoms with E-state index in [0.29, 0.717) is 24.8 Å². The van der Waals surface area contributed by atoms with Crippen molar-refractivity contribution < 1.29 is 14.2 Å². The molecule has 0 aliphatic rings. The highest BCUT2D eigenvalue weighted by Crippen LogP contribution is 2.24. The largest absolute Gasteiger partial charge is 0.497 e. The van der Waals surface area contributed by atoms with Gasteiger partial charge in [-0.15, -0.1) is 0 Å². The molecule has 0 spiro atoms. The molecular formula is C13H20ClNO3. The first kappa shape index (κ1) is 15.1. The summed E-state index contributed by atoms with van der Waals surface area (Å²) in [7, 11) is 1.61. The van der Waals surface area contributed by atoms with Crippen LogP contribution in [0.25, 0.3) is 0 Å². The van der Waals surface area contributed by atoms with Gasteiger partial charge in [0.25, 0.3) is 0 Å². The second-order valence-electron chi connectivity index (χ2n) is 3.60. The number of benzene rings is 1. The van der Waals surface area contributed by atoms with Crippen LogP contribution in [0, 0.1) is 0 Å². The van der Waals surface area contributed by atoms with Crippen LogP contribution in [0.2, 0.25) is 5.02 Å². The molecule has 1 rings (SSSR count). The normalized spacial score (nSPS) is 10.7. The fourth-order valence-corrected chi connectivity index (χ4v) is 1.75. The Morgan fingerprint density at radius 1 is 1.17 bits per heavy atom. The fraction of sp³-hybridized carbons (Fsp3) is 0.538. The average molecular weight is 274 g/mol. The maximum absolute atomic E-state index is 5.98. The van der Waals surface area contributed by atoms with Gasteiger partial charge in [0.2, 0.25) is 0 Å². The second-order valence-corrected chi connectivity index (χ2v) is 4.04. The number of anilines is 1. The minimum absolute atomic E-state index is 0.259. The molecule has 0 saturated heterocycles. The van der Waals surface area contributed by atoms with E-state index in [-0.39, 0.29) is 6.29 Å². The first-order valence-electron chi connectivity index (χ1n) is 6.01. The molecule has 0 amide bonds. The summed E-state index contributed by atoms with van der Waals surface area (Å²) in [5.74, 6) is 0.717. The summed E-state index contributed by atoms with van der Waals surface area (Å²) in [6.07, 6.45) is -0.259. The van der Waals surface area contributed by atoms with E-state index in [9.17, 15) is 0 Å². The second kappa shape index (κ2) is 8.19. The molecule has 5 heteroatoms. The third-order valence-corrected chi connectivity index (χ3v) is 2.50. The Morgan fingerprint density at radius 2 is 1.83 bits per heavy atom. The van der Waals surface area contributed by atoms with Crippen LogP contribution in [0.4, 0.5) is 5.69 Å². The van der Waals surface area contributed by atoms with Crippen LogP contribution in [0.1, 0.15) is 13.8 Å². The molecule has 0 fully saturated rings. The number of hydrogen-bond acceptors (Lipinski definition) is 4. The lowest BCUT2D eigenvalue weighted by atomic mass is 10.3. The number of methoxy groups -OCH3 is 1. The van der Waals surface area contributed by atoms with Gasteiger partial charge in [0.05, 0.1) is 13.7 Å². The van der Waals surface area contributed by atoms with Gasteiger partial charge in [-0.25, -0.2) is 0 Å². The molecule has 0 aliphatic heterocycles. The van der Waals surface area contributed by atoms with E-state index < -0.39 is 0 Å². The molecule has 0 unspecified atom stereocenters. The van der Waals surface area contributed by atoms with Crippen molar-refractivity contribution in [3.63, 3.8) is 0 Å². The van der Waals surface area contributed by atoms with Crippen molar-refractivity contribution in [2.24, 2.45) is 0 Å². The summed E-state index contributed by atoms with van der Waals surface area (Å²) >= 11 is 5.98. The highest BCUT2D eigenvalue weighted by molar-refractivity contribution is 6.31. The van der Waals surface area contributed by atoms with Crippen molar-refractivity contribution in [3.05, 3.63) is 23.2 Å². The molecule has 1 N–H and O–H groups in total. The Morgan fingerprint density at radius 3 is 2.39 bits per heavy atom. The summed E-state index contributed by atoms with van der Waals surface area (Å²) in [5.41, 5.74) is 0.878.